The van der Waals surface area contributed by atoms with Gasteiger partial charge >= 0.3 is 6.36 Å². The van der Waals surface area contributed by atoms with Crippen LogP contribution in [-0.4, -0.2) is 36.0 Å². The van der Waals surface area contributed by atoms with Gasteiger partial charge in [-0.15, -0.1) is 13.2 Å². The van der Waals surface area contributed by atoms with Crippen LogP contribution < -0.4 is 4.74 Å². The van der Waals surface area contributed by atoms with E-state index >= 15 is 0 Å². The molecule has 0 amide bonds. The summed E-state index contributed by atoms with van der Waals surface area (Å²) in [6.07, 6.45) is -3.88. The number of alkyl halides is 3. The first kappa shape index (κ1) is 16.4. The number of rotatable bonds is 3. The smallest absolute Gasteiger partial charge is 0.404 e. The summed E-state index contributed by atoms with van der Waals surface area (Å²) in [6, 6.07) is 4.05. The molecule has 1 fully saturated rings. The molecule has 0 radical (unpaired) electrons. The first-order valence-corrected chi connectivity index (χ1v) is 7.12. The Balaban J connectivity index is 2.22. The highest BCUT2D eigenvalue weighted by Crippen LogP contribution is 2.38. The molecular formula is C14H17ClF3NO2. The fraction of sp³-hybridized carbons (Fsp3) is 0.571. The number of likely N-dealkylation sites (tertiary alicyclic amines) is 1. The van der Waals surface area contributed by atoms with E-state index in [1.165, 1.54) is 12.1 Å². The lowest BCUT2D eigenvalue weighted by Gasteiger charge is -2.38. The minimum atomic E-state index is -4.81. The van der Waals surface area contributed by atoms with Crippen LogP contribution in [0, 0.1) is 0 Å². The summed E-state index contributed by atoms with van der Waals surface area (Å²) in [6.45, 7) is 4.32. The van der Waals surface area contributed by atoms with Crippen LogP contribution in [0.1, 0.15) is 25.3 Å². The van der Waals surface area contributed by atoms with Gasteiger partial charge in [0.2, 0.25) is 0 Å². The van der Waals surface area contributed by atoms with Crippen LogP contribution in [0.4, 0.5) is 13.2 Å². The van der Waals surface area contributed by atoms with E-state index in [1.54, 1.807) is 6.07 Å². The summed E-state index contributed by atoms with van der Waals surface area (Å²) >= 11 is 5.72. The van der Waals surface area contributed by atoms with Gasteiger partial charge in [0.15, 0.2) is 0 Å². The molecule has 1 aromatic rings. The van der Waals surface area contributed by atoms with Crippen molar-refractivity contribution in [3.05, 3.63) is 28.8 Å². The van der Waals surface area contributed by atoms with Crippen LogP contribution in [0.15, 0.2) is 18.2 Å². The Kier molecular flexibility index (Phi) is 4.70. The molecule has 3 nitrogen and oxygen atoms in total. The van der Waals surface area contributed by atoms with Crippen molar-refractivity contribution in [1.29, 1.82) is 0 Å². The van der Waals surface area contributed by atoms with Crippen LogP contribution in [-0.2, 0) is 5.60 Å². The van der Waals surface area contributed by atoms with Crippen LogP contribution in [0.2, 0.25) is 5.02 Å². The van der Waals surface area contributed by atoms with E-state index < -0.39 is 17.7 Å². The molecule has 1 aliphatic rings. The van der Waals surface area contributed by atoms with Gasteiger partial charge in [-0.05, 0) is 37.1 Å². The lowest BCUT2D eigenvalue weighted by Crippen LogP contribution is -2.42. The average Bonchev–Trinajstić information content (AvgIpc) is 2.40. The van der Waals surface area contributed by atoms with Crippen molar-refractivity contribution >= 4 is 11.6 Å². The standard InChI is InChI=1S/C14H17ClF3NO2/c1-2-19-7-5-13(20,6-8-19)10-3-4-11(15)12(9-10)21-14(16,17)18/h3-4,9,20H,2,5-8H2,1H3. The van der Waals surface area contributed by atoms with E-state index in [1.807, 2.05) is 6.92 Å². The zero-order chi connectivity index (χ0) is 15.7. The second-order valence-corrected chi connectivity index (χ2v) is 5.57. The van der Waals surface area contributed by atoms with Crippen molar-refractivity contribution < 1.29 is 23.0 Å². The van der Waals surface area contributed by atoms with Crippen molar-refractivity contribution in [2.24, 2.45) is 0 Å². The second-order valence-electron chi connectivity index (χ2n) is 5.16. The molecule has 1 saturated heterocycles. The SMILES string of the molecule is CCN1CCC(O)(c2ccc(Cl)c(OC(F)(F)F)c2)CC1. The van der Waals surface area contributed by atoms with Gasteiger partial charge in [0.1, 0.15) is 5.75 Å². The molecule has 118 valence electrons. The van der Waals surface area contributed by atoms with Gasteiger partial charge in [-0.2, -0.15) is 0 Å². The zero-order valence-electron chi connectivity index (χ0n) is 11.6. The van der Waals surface area contributed by atoms with E-state index in [4.69, 9.17) is 11.6 Å². The number of halogens is 4. The third-order valence-corrected chi connectivity index (χ3v) is 4.14. The van der Waals surface area contributed by atoms with Crippen LogP contribution in [0.25, 0.3) is 0 Å². The highest BCUT2D eigenvalue weighted by Gasteiger charge is 2.36. The van der Waals surface area contributed by atoms with Crippen molar-refractivity contribution in [1.82, 2.24) is 4.90 Å². The average molecular weight is 324 g/mol. The molecule has 0 spiro atoms. The summed E-state index contributed by atoms with van der Waals surface area (Å²) < 4.78 is 40.9. The normalized spacial score (nSPS) is 19.5. The predicted octanol–water partition coefficient (Wildman–Crippen LogP) is 3.54. The number of ether oxygens (including phenoxy) is 1. The maximum absolute atomic E-state index is 12.3. The molecule has 1 aliphatic heterocycles. The number of hydrogen-bond acceptors (Lipinski definition) is 3. The molecule has 0 saturated carbocycles. The van der Waals surface area contributed by atoms with Crippen LogP contribution in [0.5, 0.6) is 5.75 Å². The lowest BCUT2D eigenvalue weighted by atomic mass is 9.84. The molecule has 0 aliphatic carbocycles. The van der Waals surface area contributed by atoms with Crippen molar-refractivity contribution in [3.63, 3.8) is 0 Å². The van der Waals surface area contributed by atoms with E-state index in [-0.39, 0.29) is 5.02 Å². The zero-order valence-corrected chi connectivity index (χ0v) is 12.3. The third kappa shape index (κ3) is 4.02. The molecular weight excluding hydrogens is 307 g/mol. The van der Waals surface area contributed by atoms with Gasteiger partial charge in [0.05, 0.1) is 10.6 Å². The topological polar surface area (TPSA) is 32.7 Å². The van der Waals surface area contributed by atoms with E-state index in [9.17, 15) is 18.3 Å². The van der Waals surface area contributed by atoms with E-state index in [0.717, 1.165) is 6.54 Å². The number of benzene rings is 1. The largest absolute Gasteiger partial charge is 0.573 e. The Bertz CT molecular complexity index is 499. The quantitative estimate of drug-likeness (QED) is 0.923. The van der Waals surface area contributed by atoms with Crippen LogP contribution >= 0.6 is 11.6 Å². The Morgan fingerprint density at radius 3 is 2.48 bits per heavy atom. The molecule has 1 heterocycles. The van der Waals surface area contributed by atoms with E-state index in [2.05, 4.69) is 9.64 Å². The summed E-state index contributed by atoms with van der Waals surface area (Å²) in [5.41, 5.74) is -0.734. The van der Waals surface area contributed by atoms with E-state index in [0.29, 0.717) is 31.5 Å². The second kappa shape index (κ2) is 6.02. The van der Waals surface area contributed by atoms with Gasteiger partial charge in [-0.25, -0.2) is 0 Å². The fourth-order valence-corrected chi connectivity index (χ4v) is 2.68. The Labute approximate surface area is 126 Å². The first-order chi connectivity index (χ1) is 9.73. The first-order valence-electron chi connectivity index (χ1n) is 6.74. The third-order valence-electron chi connectivity index (χ3n) is 3.82. The van der Waals surface area contributed by atoms with Crippen molar-refractivity contribution in [2.45, 2.75) is 31.7 Å². The summed E-state index contributed by atoms with van der Waals surface area (Å²) in [4.78, 5) is 2.18. The number of nitrogens with zero attached hydrogens (tertiary/aromatic N) is 1. The molecule has 0 aromatic heterocycles. The van der Waals surface area contributed by atoms with Crippen molar-refractivity contribution in [2.75, 3.05) is 19.6 Å². The highest BCUT2D eigenvalue weighted by molar-refractivity contribution is 6.32. The molecule has 1 aromatic carbocycles. The minimum Gasteiger partial charge on any atom is -0.404 e. The highest BCUT2D eigenvalue weighted by atomic mass is 35.5. The number of piperidine rings is 1. The molecule has 2 rings (SSSR count). The number of aliphatic hydroxyl groups is 1. The van der Waals surface area contributed by atoms with Gasteiger partial charge in [-0.1, -0.05) is 24.6 Å². The predicted molar refractivity (Wildman–Crippen MR) is 73.4 cm³/mol. The Hall–Kier alpha value is -0.980. The van der Waals surface area contributed by atoms with Gasteiger partial charge in [0.25, 0.3) is 0 Å². The molecule has 7 heteroatoms. The fourth-order valence-electron chi connectivity index (χ4n) is 2.52. The number of hydrogen-bond donors (Lipinski definition) is 1. The van der Waals surface area contributed by atoms with Crippen LogP contribution in [0.3, 0.4) is 0 Å². The van der Waals surface area contributed by atoms with Gasteiger partial charge in [-0.3, -0.25) is 0 Å². The monoisotopic (exact) mass is 323 g/mol. The Morgan fingerprint density at radius 1 is 1.33 bits per heavy atom. The summed E-state index contributed by atoms with van der Waals surface area (Å²) in [7, 11) is 0. The maximum atomic E-state index is 12.3. The van der Waals surface area contributed by atoms with Crippen molar-refractivity contribution in [3.8, 4) is 5.75 Å². The molecule has 0 atom stereocenters. The maximum Gasteiger partial charge on any atom is 0.573 e. The Morgan fingerprint density at radius 2 is 1.95 bits per heavy atom. The van der Waals surface area contributed by atoms with Gasteiger partial charge < -0.3 is 14.7 Å². The summed E-state index contributed by atoms with van der Waals surface area (Å²) in [5.74, 6) is -0.479. The minimum absolute atomic E-state index is 0.134. The molecule has 0 bridgehead atoms. The van der Waals surface area contributed by atoms with Gasteiger partial charge in [0, 0.05) is 13.1 Å². The molecule has 21 heavy (non-hydrogen) atoms. The lowest BCUT2D eigenvalue weighted by molar-refractivity contribution is -0.274. The summed E-state index contributed by atoms with van der Waals surface area (Å²) in [5, 5.41) is 10.5. The molecule has 1 N–H and O–H groups in total. The molecule has 0 unspecified atom stereocenters.